The molecule has 10 heteroatoms. The topological polar surface area (TPSA) is 99.5 Å². The average Bonchev–Trinajstić information content (AvgIpc) is 3.11. The van der Waals surface area contributed by atoms with E-state index in [1.54, 1.807) is 19.2 Å². The largest absolute Gasteiger partial charge is 0.461 e. The molecule has 0 aliphatic carbocycles. The summed E-state index contributed by atoms with van der Waals surface area (Å²) in [5.41, 5.74) is -0.570. The molecule has 152 valence electrons. The molecular weight excluding hydrogens is 401 g/mol. The minimum atomic E-state index is -0.729. The number of fused-ring (bicyclic) bond motifs is 1. The van der Waals surface area contributed by atoms with Crippen LogP contribution in [0.25, 0.3) is 16.5 Å². The van der Waals surface area contributed by atoms with Gasteiger partial charge in [0.05, 0.1) is 17.7 Å². The number of nitrogens with zero attached hydrogens (tertiary/aromatic N) is 2. The molecule has 29 heavy (non-hydrogen) atoms. The molecule has 0 spiro atoms. The first-order chi connectivity index (χ1) is 14.0. The van der Waals surface area contributed by atoms with Gasteiger partial charge in [0.1, 0.15) is 17.4 Å². The molecule has 0 bridgehead atoms. The van der Waals surface area contributed by atoms with E-state index >= 15 is 0 Å². The van der Waals surface area contributed by atoms with Gasteiger partial charge in [-0.1, -0.05) is 6.07 Å². The molecule has 0 aliphatic rings. The molecule has 8 nitrogen and oxygen atoms in total. The highest BCUT2D eigenvalue weighted by Gasteiger charge is 2.23. The molecule has 3 aromatic rings. The van der Waals surface area contributed by atoms with E-state index in [-0.39, 0.29) is 40.4 Å². The fourth-order valence-electron chi connectivity index (χ4n) is 2.63. The van der Waals surface area contributed by atoms with Gasteiger partial charge in [-0.15, -0.1) is 11.3 Å². The third-order valence-corrected chi connectivity index (χ3v) is 4.76. The summed E-state index contributed by atoms with van der Waals surface area (Å²) in [6.45, 7) is 3.70. The maximum absolute atomic E-state index is 13.7. The van der Waals surface area contributed by atoms with Crippen molar-refractivity contribution in [3.05, 3.63) is 51.5 Å². The van der Waals surface area contributed by atoms with Crippen molar-refractivity contribution in [2.24, 2.45) is 0 Å². The van der Waals surface area contributed by atoms with Crippen LogP contribution in [-0.4, -0.2) is 41.5 Å². The zero-order chi connectivity index (χ0) is 21.0. The minimum absolute atomic E-state index is 0.0853. The molecule has 0 saturated carbocycles. The van der Waals surface area contributed by atoms with Crippen LogP contribution in [0.1, 0.15) is 24.3 Å². The summed E-state index contributed by atoms with van der Waals surface area (Å²) in [7, 11) is 0. The number of anilines is 1. The molecule has 1 amide bonds. The number of amides is 1. The highest BCUT2D eigenvalue weighted by Crippen LogP contribution is 2.30. The lowest BCUT2D eigenvalue weighted by molar-refractivity contribution is -0.120. The quantitative estimate of drug-likeness (QED) is 0.591. The number of ether oxygens (including phenoxy) is 2. The lowest BCUT2D eigenvalue weighted by Gasteiger charge is -2.10. The first-order valence-electron chi connectivity index (χ1n) is 8.81. The molecule has 3 rings (SSSR count). The SMILES string of the molecule is CCOCC(=O)Nc1scc2c(C(=O)OCC)nn(-c3cccc(F)c3)c(=O)c12. The van der Waals surface area contributed by atoms with E-state index in [1.165, 1.54) is 18.2 Å². The van der Waals surface area contributed by atoms with Gasteiger partial charge < -0.3 is 14.8 Å². The molecule has 2 heterocycles. The van der Waals surface area contributed by atoms with Crippen molar-refractivity contribution in [3.63, 3.8) is 0 Å². The third kappa shape index (κ3) is 4.33. The zero-order valence-corrected chi connectivity index (χ0v) is 16.5. The van der Waals surface area contributed by atoms with Gasteiger partial charge in [-0.3, -0.25) is 9.59 Å². The molecule has 0 fully saturated rings. The van der Waals surface area contributed by atoms with Crippen LogP contribution in [0.15, 0.2) is 34.4 Å². The van der Waals surface area contributed by atoms with E-state index in [0.29, 0.717) is 6.61 Å². The summed E-state index contributed by atoms with van der Waals surface area (Å²) in [6, 6.07) is 5.25. The zero-order valence-electron chi connectivity index (χ0n) is 15.7. The van der Waals surface area contributed by atoms with Crippen LogP contribution in [0.2, 0.25) is 0 Å². The Morgan fingerprint density at radius 2 is 2.07 bits per heavy atom. The van der Waals surface area contributed by atoms with Gasteiger partial charge in [0.15, 0.2) is 5.69 Å². The number of carbonyl (C=O) groups is 2. The van der Waals surface area contributed by atoms with Crippen LogP contribution in [0.4, 0.5) is 9.39 Å². The molecule has 0 atom stereocenters. The van der Waals surface area contributed by atoms with Crippen molar-refractivity contribution in [2.75, 3.05) is 25.1 Å². The Balaban J connectivity index is 2.20. The first-order valence-corrected chi connectivity index (χ1v) is 9.69. The van der Waals surface area contributed by atoms with Crippen molar-refractivity contribution in [1.82, 2.24) is 9.78 Å². The summed E-state index contributed by atoms with van der Waals surface area (Å²) in [5, 5.41) is 8.84. The normalized spacial score (nSPS) is 10.9. The Morgan fingerprint density at radius 3 is 2.76 bits per heavy atom. The predicted molar refractivity (Wildman–Crippen MR) is 106 cm³/mol. The Hall–Kier alpha value is -3.11. The van der Waals surface area contributed by atoms with Crippen LogP contribution in [0, 0.1) is 5.82 Å². The van der Waals surface area contributed by atoms with Crippen molar-refractivity contribution in [2.45, 2.75) is 13.8 Å². The van der Waals surface area contributed by atoms with Crippen LogP contribution >= 0.6 is 11.3 Å². The lowest BCUT2D eigenvalue weighted by Crippen LogP contribution is -2.26. The first kappa shape index (κ1) is 20.6. The smallest absolute Gasteiger partial charge is 0.359 e. The summed E-state index contributed by atoms with van der Waals surface area (Å²) in [6.07, 6.45) is 0. The van der Waals surface area contributed by atoms with Crippen LogP contribution in [0.3, 0.4) is 0 Å². The molecule has 0 radical (unpaired) electrons. The van der Waals surface area contributed by atoms with Gasteiger partial charge in [-0.25, -0.2) is 9.18 Å². The van der Waals surface area contributed by atoms with Gasteiger partial charge in [0, 0.05) is 17.4 Å². The number of benzene rings is 1. The van der Waals surface area contributed by atoms with Crippen LogP contribution in [-0.2, 0) is 14.3 Å². The van der Waals surface area contributed by atoms with Gasteiger partial charge in [-0.05, 0) is 32.0 Å². The molecule has 0 saturated heterocycles. The number of hydrogen-bond acceptors (Lipinski definition) is 7. The van der Waals surface area contributed by atoms with Crippen molar-refractivity contribution < 1.29 is 23.5 Å². The van der Waals surface area contributed by atoms with Crippen molar-refractivity contribution >= 4 is 39.0 Å². The Morgan fingerprint density at radius 1 is 1.28 bits per heavy atom. The second kappa shape index (κ2) is 8.93. The summed E-state index contributed by atoms with van der Waals surface area (Å²) < 4.78 is 24.7. The maximum atomic E-state index is 13.7. The Bertz CT molecular complexity index is 1120. The molecule has 1 aromatic carbocycles. The van der Waals surface area contributed by atoms with Crippen LogP contribution in [0.5, 0.6) is 0 Å². The van der Waals surface area contributed by atoms with E-state index < -0.39 is 23.3 Å². The molecule has 0 unspecified atom stereocenters. The van der Waals surface area contributed by atoms with E-state index in [0.717, 1.165) is 22.1 Å². The number of thiophene rings is 1. The fourth-order valence-corrected chi connectivity index (χ4v) is 3.59. The predicted octanol–water partition coefficient (Wildman–Crippen LogP) is 2.74. The summed E-state index contributed by atoms with van der Waals surface area (Å²) in [5.74, 6) is -1.74. The molecule has 0 aliphatic heterocycles. The Labute approximate surface area is 168 Å². The maximum Gasteiger partial charge on any atom is 0.359 e. The third-order valence-electron chi connectivity index (χ3n) is 3.86. The summed E-state index contributed by atoms with van der Waals surface area (Å²) in [4.78, 5) is 37.6. The standard InChI is InChI=1S/C19H18FN3O5S/c1-3-27-9-14(24)21-17-15-13(10-29-17)16(19(26)28-4-2)22-23(18(15)25)12-7-5-6-11(20)8-12/h5-8,10H,3-4,9H2,1-2H3,(H,21,24). The number of carbonyl (C=O) groups excluding carboxylic acids is 2. The second-order valence-electron chi connectivity index (χ2n) is 5.80. The minimum Gasteiger partial charge on any atom is -0.461 e. The monoisotopic (exact) mass is 419 g/mol. The van der Waals surface area contributed by atoms with Crippen molar-refractivity contribution in [1.29, 1.82) is 0 Å². The molecule has 1 N–H and O–H groups in total. The van der Waals surface area contributed by atoms with Gasteiger partial charge in [0.25, 0.3) is 11.5 Å². The number of halogens is 1. The Kier molecular flexibility index (Phi) is 6.35. The van der Waals surface area contributed by atoms with Gasteiger partial charge in [-0.2, -0.15) is 9.78 Å². The number of esters is 1. The average molecular weight is 419 g/mol. The lowest BCUT2D eigenvalue weighted by atomic mass is 10.2. The number of nitrogens with one attached hydrogen (secondary N) is 1. The van der Waals surface area contributed by atoms with E-state index in [1.807, 2.05) is 0 Å². The number of rotatable bonds is 7. The molecular formula is C19H18FN3O5S. The van der Waals surface area contributed by atoms with E-state index in [9.17, 15) is 18.8 Å². The van der Waals surface area contributed by atoms with Gasteiger partial charge in [0.2, 0.25) is 0 Å². The highest BCUT2D eigenvalue weighted by atomic mass is 32.1. The summed E-state index contributed by atoms with van der Waals surface area (Å²) >= 11 is 1.07. The van der Waals surface area contributed by atoms with Gasteiger partial charge >= 0.3 is 5.97 Å². The van der Waals surface area contributed by atoms with E-state index in [4.69, 9.17) is 9.47 Å². The highest BCUT2D eigenvalue weighted by molar-refractivity contribution is 7.16. The van der Waals surface area contributed by atoms with Crippen LogP contribution < -0.4 is 10.9 Å². The fraction of sp³-hybridized carbons (Fsp3) is 0.263. The number of hydrogen-bond donors (Lipinski definition) is 1. The second-order valence-corrected chi connectivity index (χ2v) is 6.68. The van der Waals surface area contributed by atoms with E-state index in [2.05, 4.69) is 10.4 Å². The molecule has 2 aromatic heterocycles. The van der Waals surface area contributed by atoms with Crippen molar-refractivity contribution in [3.8, 4) is 5.69 Å². The number of aromatic nitrogens is 2.